The summed E-state index contributed by atoms with van der Waals surface area (Å²) in [5, 5.41) is 6.11. The minimum absolute atomic E-state index is 0.656. The lowest BCUT2D eigenvalue weighted by Gasteiger charge is -2.01. The fourth-order valence-corrected chi connectivity index (χ4v) is 3.74. The summed E-state index contributed by atoms with van der Waals surface area (Å²) < 4.78 is 6.73. The number of anilines is 1. The number of pyridine rings is 1. The highest BCUT2D eigenvalue weighted by Crippen LogP contribution is 2.35. The highest BCUT2D eigenvalue weighted by Gasteiger charge is 2.09. The van der Waals surface area contributed by atoms with Crippen molar-refractivity contribution >= 4 is 50.6 Å². The third-order valence-electron chi connectivity index (χ3n) is 3.60. The first-order valence-corrected chi connectivity index (χ1v) is 9.56. The maximum atomic E-state index is 5.83. The number of nitrogens with one attached hydrogen (secondary N) is 1. The van der Waals surface area contributed by atoms with Crippen molar-refractivity contribution in [2.45, 2.75) is 9.99 Å². The van der Waals surface area contributed by atoms with Crippen LogP contribution in [0, 0.1) is 0 Å². The number of nitrogens with zero attached hydrogens (tertiary/aromatic N) is 2. The predicted molar refractivity (Wildman–Crippen MR) is 110 cm³/mol. The van der Waals surface area contributed by atoms with Gasteiger partial charge < -0.3 is 4.42 Å². The van der Waals surface area contributed by atoms with Gasteiger partial charge in [-0.2, -0.15) is 5.10 Å². The molecule has 0 saturated heterocycles. The van der Waals surface area contributed by atoms with Crippen LogP contribution in [0.3, 0.4) is 0 Å². The lowest BCUT2D eigenvalue weighted by atomic mass is 10.2. The average Bonchev–Trinajstić information content (AvgIpc) is 3.02. The molecule has 4 nitrogen and oxygen atoms in total. The van der Waals surface area contributed by atoms with Crippen LogP contribution in [-0.2, 0) is 0 Å². The molecular formula is C20H14BrN3OS. The van der Waals surface area contributed by atoms with Crippen molar-refractivity contribution < 1.29 is 4.42 Å². The summed E-state index contributed by atoms with van der Waals surface area (Å²) in [5.74, 6) is 1.34. The molecule has 0 aliphatic rings. The molecule has 26 heavy (non-hydrogen) atoms. The quantitative estimate of drug-likeness (QED) is 0.307. The van der Waals surface area contributed by atoms with E-state index in [-0.39, 0.29) is 0 Å². The van der Waals surface area contributed by atoms with Crippen LogP contribution in [0.4, 0.5) is 5.82 Å². The monoisotopic (exact) mass is 423 g/mol. The molecule has 1 N–H and O–H groups in total. The van der Waals surface area contributed by atoms with Gasteiger partial charge >= 0.3 is 0 Å². The smallest absolute Gasteiger partial charge is 0.180 e. The fraction of sp³-hybridized carbons (Fsp3) is 0. The Labute approximate surface area is 163 Å². The molecule has 4 aromatic rings. The Balaban J connectivity index is 1.45. The standard InChI is InChI=1S/C20H14BrN3OS/c21-17-12-15(25-20(17)26-16-7-2-1-3-8-16)13-22-24-19-11-10-14-6-4-5-9-18(14)23-19/h1-13H,(H,23,24)/b22-13-. The third-order valence-corrected chi connectivity index (χ3v) is 5.45. The number of fused-ring (bicyclic) bond motifs is 1. The molecule has 128 valence electrons. The predicted octanol–water partition coefficient (Wildman–Crippen LogP) is 6.19. The summed E-state index contributed by atoms with van der Waals surface area (Å²) in [6, 6.07) is 23.8. The SMILES string of the molecule is Brc1cc(/C=N\Nc2ccc3ccccc3n2)oc1Sc1ccccc1. The lowest BCUT2D eigenvalue weighted by molar-refractivity contribution is 0.466. The number of para-hydroxylation sites is 1. The van der Waals surface area contributed by atoms with Crippen LogP contribution in [0.15, 0.2) is 96.8 Å². The summed E-state index contributed by atoms with van der Waals surface area (Å²) >= 11 is 5.09. The highest BCUT2D eigenvalue weighted by molar-refractivity contribution is 9.10. The second-order valence-electron chi connectivity index (χ2n) is 5.46. The normalized spacial score (nSPS) is 11.3. The Bertz CT molecular complexity index is 1060. The van der Waals surface area contributed by atoms with Gasteiger partial charge in [0.1, 0.15) is 11.6 Å². The summed E-state index contributed by atoms with van der Waals surface area (Å²) in [7, 11) is 0. The lowest BCUT2D eigenvalue weighted by Crippen LogP contribution is -1.93. The number of halogens is 1. The van der Waals surface area contributed by atoms with Crippen LogP contribution in [-0.4, -0.2) is 11.2 Å². The van der Waals surface area contributed by atoms with E-state index in [1.807, 2.05) is 72.8 Å². The molecule has 0 fully saturated rings. The number of rotatable bonds is 5. The largest absolute Gasteiger partial charge is 0.447 e. The molecule has 4 rings (SSSR count). The Hall–Kier alpha value is -2.57. The molecule has 0 spiro atoms. The second kappa shape index (κ2) is 7.76. The van der Waals surface area contributed by atoms with E-state index in [9.17, 15) is 0 Å². The molecule has 0 saturated carbocycles. The second-order valence-corrected chi connectivity index (χ2v) is 7.36. The first-order valence-electron chi connectivity index (χ1n) is 7.95. The molecular weight excluding hydrogens is 410 g/mol. The van der Waals surface area contributed by atoms with E-state index in [0.29, 0.717) is 11.6 Å². The molecule has 0 atom stereocenters. The van der Waals surface area contributed by atoms with Crippen molar-refractivity contribution in [3.05, 3.63) is 83.0 Å². The number of aromatic nitrogens is 1. The number of hydrogen-bond acceptors (Lipinski definition) is 5. The van der Waals surface area contributed by atoms with Gasteiger partial charge in [-0.25, -0.2) is 4.98 Å². The van der Waals surface area contributed by atoms with E-state index in [4.69, 9.17) is 4.42 Å². The molecule has 6 heteroatoms. The van der Waals surface area contributed by atoms with Crippen LogP contribution in [0.2, 0.25) is 0 Å². The summed E-state index contributed by atoms with van der Waals surface area (Å²) in [6.45, 7) is 0. The van der Waals surface area contributed by atoms with Gasteiger partial charge in [-0.1, -0.05) is 48.2 Å². The number of benzene rings is 2. The van der Waals surface area contributed by atoms with Crippen molar-refractivity contribution in [2.75, 3.05) is 5.43 Å². The maximum Gasteiger partial charge on any atom is 0.180 e. The molecule has 0 radical (unpaired) electrons. The van der Waals surface area contributed by atoms with Crippen LogP contribution < -0.4 is 5.43 Å². The van der Waals surface area contributed by atoms with Gasteiger partial charge in [0.25, 0.3) is 0 Å². The maximum absolute atomic E-state index is 5.83. The molecule has 0 amide bonds. The zero-order valence-electron chi connectivity index (χ0n) is 13.6. The van der Waals surface area contributed by atoms with Crippen molar-refractivity contribution in [2.24, 2.45) is 5.10 Å². The van der Waals surface area contributed by atoms with Gasteiger partial charge in [0.2, 0.25) is 0 Å². The van der Waals surface area contributed by atoms with E-state index in [1.165, 1.54) is 0 Å². The van der Waals surface area contributed by atoms with E-state index in [2.05, 4.69) is 31.4 Å². The summed E-state index contributed by atoms with van der Waals surface area (Å²) in [4.78, 5) is 5.63. The fourth-order valence-electron chi connectivity index (χ4n) is 2.39. The molecule has 0 aliphatic heterocycles. The summed E-state index contributed by atoms with van der Waals surface area (Å²) in [6.07, 6.45) is 1.64. The van der Waals surface area contributed by atoms with Crippen molar-refractivity contribution in [1.29, 1.82) is 0 Å². The van der Waals surface area contributed by atoms with Crippen LogP contribution in [0.25, 0.3) is 10.9 Å². The third kappa shape index (κ3) is 3.98. The van der Waals surface area contributed by atoms with Gasteiger partial charge in [0.15, 0.2) is 5.09 Å². The summed E-state index contributed by atoms with van der Waals surface area (Å²) in [5.41, 5.74) is 3.87. The van der Waals surface area contributed by atoms with E-state index in [1.54, 1.807) is 18.0 Å². The average molecular weight is 424 g/mol. The van der Waals surface area contributed by atoms with E-state index in [0.717, 1.165) is 25.4 Å². The van der Waals surface area contributed by atoms with E-state index >= 15 is 0 Å². The van der Waals surface area contributed by atoms with Crippen LogP contribution >= 0.6 is 27.7 Å². The van der Waals surface area contributed by atoms with Crippen LogP contribution in [0.1, 0.15) is 5.76 Å². The van der Waals surface area contributed by atoms with Crippen molar-refractivity contribution in [1.82, 2.24) is 4.98 Å². The minimum Gasteiger partial charge on any atom is -0.447 e. The number of furan rings is 1. The Morgan fingerprint density at radius 1 is 1.00 bits per heavy atom. The molecule has 0 unspecified atom stereocenters. The minimum atomic E-state index is 0.656. The highest BCUT2D eigenvalue weighted by atomic mass is 79.9. The van der Waals surface area contributed by atoms with E-state index < -0.39 is 0 Å². The number of hydrogen-bond donors (Lipinski definition) is 1. The van der Waals surface area contributed by atoms with Crippen LogP contribution in [0.5, 0.6) is 0 Å². The van der Waals surface area contributed by atoms with Gasteiger partial charge in [0, 0.05) is 16.3 Å². The van der Waals surface area contributed by atoms with Gasteiger partial charge in [-0.3, -0.25) is 5.43 Å². The number of hydrazone groups is 1. The van der Waals surface area contributed by atoms with Gasteiger partial charge in [0.05, 0.1) is 16.2 Å². The van der Waals surface area contributed by atoms with Crippen molar-refractivity contribution in [3.63, 3.8) is 0 Å². The van der Waals surface area contributed by atoms with Crippen molar-refractivity contribution in [3.8, 4) is 0 Å². The zero-order chi connectivity index (χ0) is 17.8. The Kier molecular flexibility index (Phi) is 5.04. The first-order chi connectivity index (χ1) is 12.8. The molecule has 2 heterocycles. The van der Waals surface area contributed by atoms with Gasteiger partial charge in [-0.05, 0) is 46.3 Å². The molecule has 0 bridgehead atoms. The topological polar surface area (TPSA) is 50.4 Å². The molecule has 2 aromatic heterocycles. The molecule has 2 aromatic carbocycles. The molecule has 0 aliphatic carbocycles. The first kappa shape index (κ1) is 16.9. The van der Waals surface area contributed by atoms with Gasteiger partial charge in [-0.15, -0.1) is 0 Å². The Morgan fingerprint density at radius 2 is 1.81 bits per heavy atom. The zero-order valence-corrected chi connectivity index (χ0v) is 16.0. The Morgan fingerprint density at radius 3 is 2.69 bits per heavy atom.